The van der Waals surface area contributed by atoms with E-state index in [4.69, 9.17) is 8.83 Å². The Morgan fingerprint density at radius 2 is 1.85 bits per heavy atom. The van der Waals surface area contributed by atoms with Crippen LogP contribution in [0.25, 0.3) is 6.08 Å². The zero-order chi connectivity index (χ0) is 18.3. The van der Waals surface area contributed by atoms with Crippen molar-refractivity contribution in [2.24, 2.45) is 11.0 Å². The van der Waals surface area contributed by atoms with Crippen molar-refractivity contribution in [3.63, 3.8) is 0 Å². The molecule has 0 aromatic carbocycles. The molecule has 1 saturated carbocycles. The Hall–Kier alpha value is -3.43. The van der Waals surface area contributed by atoms with Crippen LogP contribution in [0.15, 0.2) is 43.8 Å². The fourth-order valence-electron chi connectivity index (χ4n) is 3.43. The van der Waals surface area contributed by atoms with Crippen molar-refractivity contribution in [3.8, 4) is 0 Å². The SMILES string of the molecule is O=[N+]([O-])c1ccc(C=C2CCCC3C2=NNC3c2ccc([N+](=O)[O-])o2)o1. The van der Waals surface area contributed by atoms with E-state index in [1.807, 2.05) is 0 Å². The van der Waals surface area contributed by atoms with Gasteiger partial charge in [-0.15, -0.1) is 0 Å². The van der Waals surface area contributed by atoms with Crippen LogP contribution in [-0.2, 0) is 0 Å². The molecular weight excluding hydrogens is 344 g/mol. The Bertz CT molecular complexity index is 940. The smallest absolute Gasteiger partial charge is 0.404 e. The number of hydrazone groups is 1. The first-order valence-electron chi connectivity index (χ1n) is 8.05. The molecule has 0 amide bonds. The minimum Gasteiger partial charge on any atom is -0.404 e. The largest absolute Gasteiger partial charge is 0.433 e. The Morgan fingerprint density at radius 1 is 1.12 bits per heavy atom. The summed E-state index contributed by atoms with van der Waals surface area (Å²) in [6.45, 7) is 0. The minimum atomic E-state index is -0.583. The van der Waals surface area contributed by atoms with Gasteiger partial charge in [0.2, 0.25) is 0 Å². The summed E-state index contributed by atoms with van der Waals surface area (Å²) in [6, 6.07) is 5.50. The standard InChI is InChI=1S/C16H14N4O6/c21-19(22)13-6-4-10(25-13)8-9-2-1-3-11-15(9)17-18-16(11)12-5-7-14(26-12)20(23)24/h4-8,11,16,18H,1-3H2. The summed E-state index contributed by atoms with van der Waals surface area (Å²) in [5.74, 6) is 0.273. The lowest BCUT2D eigenvalue weighted by Gasteiger charge is -2.24. The van der Waals surface area contributed by atoms with E-state index in [2.05, 4.69) is 10.5 Å². The van der Waals surface area contributed by atoms with Crippen LogP contribution in [-0.4, -0.2) is 15.6 Å². The molecule has 2 atom stereocenters. The Balaban J connectivity index is 1.58. The molecule has 2 unspecified atom stereocenters. The Morgan fingerprint density at radius 3 is 2.54 bits per heavy atom. The van der Waals surface area contributed by atoms with Crippen molar-refractivity contribution in [3.05, 3.63) is 61.6 Å². The molecule has 0 spiro atoms. The number of nitrogens with one attached hydrogen (secondary N) is 1. The van der Waals surface area contributed by atoms with Gasteiger partial charge in [0.05, 0.1) is 17.8 Å². The Labute approximate surface area is 146 Å². The van der Waals surface area contributed by atoms with Gasteiger partial charge in [-0.25, -0.2) is 0 Å². The van der Waals surface area contributed by atoms with Crippen molar-refractivity contribution < 1.29 is 18.7 Å². The molecule has 1 aliphatic carbocycles. The van der Waals surface area contributed by atoms with Crippen LogP contribution >= 0.6 is 0 Å². The monoisotopic (exact) mass is 358 g/mol. The van der Waals surface area contributed by atoms with Crippen LogP contribution in [0.3, 0.4) is 0 Å². The summed E-state index contributed by atoms with van der Waals surface area (Å²) in [5.41, 5.74) is 4.76. The van der Waals surface area contributed by atoms with Crippen LogP contribution < -0.4 is 5.43 Å². The number of nitrogens with zero attached hydrogens (tertiary/aromatic N) is 3. The number of nitro groups is 2. The first-order valence-corrected chi connectivity index (χ1v) is 8.05. The molecule has 10 heteroatoms. The van der Waals surface area contributed by atoms with Crippen LogP contribution in [0.1, 0.15) is 36.8 Å². The molecule has 1 aliphatic heterocycles. The number of hydrogen-bond acceptors (Lipinski definition) is 8. The van der Waals surface area contributed by atoms with Gasteiger partial charge in [-0.2, -0.15) is 5.10 Å². The molecular formula is C16H14N4O6. The van der Waals surface area contributed by atoms with E-state index < -0.39 is 9.85 Å². The number of allylic oxidation sites excluding steroid dienone is 1. The summed E-state index contributed by atoms with van der Waals surface area (Å²) >= 11 is 0. The second-order valence-electron chi connectivity index (χ2n) is 6.14. The van der Waals surface area contributed by atoms with E-state index in [0.29, 0.717) is 11.5 Å². The van der Waals surface area contributed by atoms with E-state index in [-0.39, 0.29) is 23.7 Å². The first-order chi connectivity index (χ1) is 12.5. The maximum absolute atomic E-state index is 10.8. The molecule has 2 aliphatic rings. The van der Waals surface area contributed by atoms with Gasteiger partial charge in [0, 0.05) is 5.92 Å². The highest BCUT2D eigenvalue weighted by atomic mass is 16.7. The number of furan rings is 2. The summed E-state index contributed by atoms with van der Waals surface area (Å²) in [5, 5.41) is 25.9. The van der Waals surface area contributed by atoms with Crippen LogP contribution in [0.4, 0.5) is 11.8 Å². The number of fused-ring (bicyclic) bond motifs is 1. The van der Waals surface area contributed by atoms with Crippen molar-refractivity contribution in [1.29, 1.82) is 0 Å². The van der Waals surface area contributed by atoms with E-state index in [9.17, 15) is 20.2 Å². The van der Waals surface area contributed by atoms with Gasteiger partial charge < -0.3 is 8.83 Å². The van der Waals surface area contributed by atoms with Crippen molar-refractivity contribution in [2.75, 3.05) is 0 Å². The summed E-state index contributed by atoms with van der Waals surface area (Å²) in [6.07, 6.45) is 4.29. The van der Waals surface area contributed by atoms with E-state index in [0.717, 1.165) is 30.5 Å². The molecule has 2 aromatic heterocycles. The molecule has 4 rings (SSSR count). The van der Waals surface area contributed by atoms with Gasteiger partial charge in [0.25, 0.3) is 0 Å². The third-order valence-corrected chi connectivity index (χ3v) is 4.58. The first kappa shape index (κ1) is 16.1. The minimum absolute atomic E-state index is 0.0192. The molecule has 1 N–H and O–H groups in total. The molecule has 0 radical (unpaired) electrons. The van der Waals surface area contributed by atoms with E-state index in [1.165, 1.54) is 12.1 Å². The zero-order valence-corrected chi connectivity index (χ0v) is 13.5. The lowest BCUT2D eigenvalue weighted by Crippen LogP contribution is -2.25. The topological polar surface area (TPSA) is 137 Å². The molecule has 10 nitrogen and oxygen atoms in total. The molecule has 26 heavy (non-hydrogen) atoms. The van der Waals surface area contributed by atoms with E-state index >= 15 is 0 Å². The zero-order valence-electron chi connectivity index (χ0n) is 13.5. The third-order valence-electron chi connectivity index (χ3n) is 4.58. The molecule has 3 heterocycles. The van der Waals surface area contributed by atoms with Crippen molar-refractivity contribution in [2.45, 2.75) is 25.3 Å². The molecule has 134 valence electrons. The van der Waals surface area contributed by atoms with Crippen molar-refractivity contribution in [1.82, 2.24) is 5.43 Å². The van der Waals surface area contributed by atoms with Gasteiger partial charge in [-0.05, 0) is 43.0 Å². The molecule has 1 fully saturated rings. The van der Waals surface area contributed by atoms with Gasteiger partial charge in [0.1, 0.15) is 27.4 Å². The lowest BCUT2D eigenvalue weighted by molar-refractivity contribution is -0.402. The maximum atomic E-state index is 10.8. The fourth-order valence-corrected chi connectivity index (χ4v) is 3.43. The second-order valence-corrected chi connectivity index (χ2v) is 6.14. The predicted octanol–water partition coefficient (Wildman–Crippen LogP) is 3.57. The van der Waals surface area contributed by atoms with Crippen LogP contribution in [0, 0.1) is 26.1 Å². The van der Waals surface area contributed by atoms with E-state index in [1.54, 1.807) is 18.2 Å². The van der Waals surface area contributed by atoms with Crippen molar-refractivity contribution >= 4 is 23.6 Å². The second kappa shape index (κ2) is 6.14. The lowest BCUT2D eigenvalue weighted by atomic mass is 9.79. The quantitative estimate of drug-likeness (QED) is 0.651. The summed E-state index contributed by atoms with van der Waals surface area (Å²) in [7, 11) is 0. The maximum Gasteiger partial charge on any atom is 0.433 e. The average molecular weight is 358 g/mol. The molecule has 2 aromatic rings. The predicted molar refractivity (Wildman–Crippen MR) is 89.4 cm³/mol. The van der Waals surface area contributed by atoms with Gasteiger partial charge in [0.15, 0.2) is 0 Å². The summed E-state index contributed by atoms with van der Waals surface area (Å²) in [4.78, 5) is 20.4. The van der Waals surface area contributed by atoms with Crippen LogP contribution in [0.2, 0.25) is 0 Å². The van der Waals surface area contributed by atoms with Crippen LogP contribution in [0.5, 0.6) is 0 Å². The normalized spacial score (nSPS) is 23.4. The number of hydrogen-bond donors (Lipinski definition) is 1. The highest BCUT2D eigenvalue weighted by Crippen LogP contribution is 2.40. The highest BCUT2D eigenvalue weighted by molar-refractivity contribution is 6.06. The number of rotatable bonds is 4. The van der Waals surface area contributed by atoms with Gasteiger partial charge >= 0.3 is 11.8 Å². The molecule has 0 bridgehead atoms. The average Bonchev–Trinajstić information content (AvgIpc) is 3.33. The van der Waals surface area contributed by atoms with Gasteiger partial charge in [-0.1, -0.05) is 0 Å². The highest BCUT2D eigenvalue weighted by Gasteiger charge is 2.39. The molecule has 0 saturated heterocycles. The fraction of sp³-hybridized carbons (Fsp3) is 0.312. The summed E-state index contributed by atoms with van der Waals surface area (Å²) < 4.78 is 10.5. The Kier molecular flexibility index (Phi) is 3.79. The van der Waals surface area contributed by atoms with Gasteiger partial charge in [-0.3, -0.25) is 25.7 Å². The third kappa shape index (κ3) is 2.75.